The van der Waals surface area contributed by atoms with Crippen LogP contribution >= 0.6 is 0 Å². The van der Waals surface area contributed by atoms with Gasteiger partial charge in [-0.2, -0.15) is 0 Å². The van der Waals surface area contributed by atoms with Crippen LogP contribution in [0.2, 0.25) is 0 Å². The van der Waals surface area contributed by atoms with Crippen molar-refractivity contribution in [3.8, 4) is 0 Å². The van der Waals surface area contributed by atoms with Crippen molar-refractivity contribution in [2.24, 2.45) is 23.2 Å². The zero-order valence-electron chi connectivity index (χ0n) is 13.2. The smallest absolute Gasteiger partial charge is 0.223 e. The molecule has 117 valence electrons. The van der Waals surface area contributed by atoms with Crippen molar-refractivity contribution in [2.45, 2.75) is 44.9 Å². The number of piperazine rings is 1. The number of hydrogen-bond donors (Lipinski definition) is 0. The summed E-state index contributed by atoms with van der Waals surface area (Å²) >= 11 is 0. The third kappa shape index (κ3) is 2.62. The topological polar surface area (TPSA) is 23.6 Å². The highest BCUT2D eigenvalue weighted by Gasteiger charge is 2.51. The molecule has 0 unspecified atom stereocenters. The van der Waals surface area contributed by atoms with Crippen LogP contribution in [0.25, 0.3) is 0 Å². The summed E-state index contributed by atoms with van der Waals surface area (Å²) in [6.45, 7) is 8.68. The highest BCUT2D eigenvalue weighted by atomic mass is 16.2. The minimum Gasteiger partial charge on any atom is -0.340 e. The third-order valence-electron chi connectivity index (χ3n) is 6.73. The largest absolute Gasteiger partial charge is 0.340 e. The maximum atomic E-state index is 12.8. The van der Waals surface area contributed by atoms with Crippen LogP contribution < -0.4 is 0 Å². The molecule has 5 fully saturated rings. The van der Waals surface area contributed by atoms with Gasteiger partial charge in [0, 0.05) is 32.6 Å². The Morgan fingerprint density at radius 2 is 1.48 bits per heavy atom. The fourth-order valence-electron chi connectivity index (χ4n) is 6.16. The summed E-state index contributed by atoms with van der Waals surface area (Å²) in [5, 5.41) is 0. The van der Waals surface area contributed by atoms with Crippen LogP contribution in [0.5, 0.6) is 0 Å². The monoisotopic (exact) mass is 289 g/mol. The van der Waals surface area contributed by atoms with Crippen molar-refractivity contribution in [3.63, 3.8) is 0 Å². The van der Waals surface area contributed by atoms with Crippen molar-refractivity contribution < 1.29 is 4.79 Å². The number of carbonyl (C=O) groups is 1. The van der Waals surface area contributed by atoms with Gasteiger partial charge in [0.05, 0.1) is 0 Å². The van der Waals surface area contributed by atoms with E-state index in [9.17, 15) is 4.79 Å². The van der Waals surface area contributed by atoms with Gasteiger partial charge in [0.25, 0.3) is 0 Å². The summed E-state index contributed by atoms with van der Waals surface area (Å²) in [4.78, 5) is 17.2. The van der Waals surface area contributed by atoms with Crippen LogP contribution in [-0.4, -0.2) is 48.4 Å². The Hall–Kier alpha value is -0.570. The molecule has 0 spiro atoms. The third-order valence-corrected chi connectivity index (χ3v) is 6.73. The molecule has 21 heavy (non-hydrogen) atoms. The van der Waals surface area contributed by atoms with Gasteiger partial charge in [-0.3, -0.25) is 9.69 Å². The Balaban J connectivity index is 1.38. The molecule has 4 bridgehead atoms. The molecule has 0 N–H and O–H groups in total. The number of nitrogens with zero attached hydrogens (tertiary/aromatic N) is 2. The molecule has 1 amide bonds. The van der Waals surface area contributed by atoms with Crippen LogP contribution in [0.15, 0.2) is 0 Å². The average molecular weight is 289 g/mol. The molecule has 0 aromatic carbocycles. The number of hydrogen-bond acceptors (Lipinski definition) is 2. The van der Waals surface area contributed by atoms with Crippen molar-refractivity contribution in [3.05, 3.63) is 6.92 Å². The molecule has 4 aliphatic carbocycles. The molecule has 1 aliphatic heterocycles. The van der Waals surface area contributed by atoms with Crippen LogP contribution in [-0.2, 0) is 4.79 Å². The number of amides is 1. The van der Waals surface area contributed by atoms with E-state index in [0.717, 1.165) is 56.9 Å². The first-order valence-electron chi connectivity index (χ1n) is 8.95. The van der Waals surface area contributed by atoms with E-state index in [1.165, 1.54) is 38.5 Å². The van der Waals surface area contributed by atoms with Crippen molar-refractivity contribution in [1.82, 2.24) is 9.80 Å². The molecular formula is C18H29N2O. The van der Waals surface area contributed by atoms with E-state index in [4.69, 9.17) is 0 Å². The minimum atomic E-state index is 0.398. The molecule has 3 nitrogen and oxygen atoms in total. The van der Waals surface area contributed by atoms with Crippen LogP contribution in [0.1, 0.15) is 44.9 Å². The zero-order chi connectivity index (χ0) is 14.4. The van der Waals surface area contributed by atoms with E-state index in [1.54, 1.807) is 0 Å². The van der Waals surface area contributed by atoms with Crippen LogP contribution in [0.3, 0.4) is 0 Å². The lowest BCUT2D eigenvalue weighted by molar-refractivity contribution is -0.141. The summed E-state index contributed by atoms with van der Waals surface area (Å²) in [5.74, 6) is 3.30. The summed E-state index contributed by atoms with van der Waals surface area (Å²) in [5.41, 5.74) is 0.398. The van der Waals surface area contributed by atoms with Gasteiger partial charge >= 0.3 is 0 Å². The molecule has 1 saturated heterocycles. The fraction of sp³-hybridized carbons (Fsp3) is 0.889. The van der Waals surface area contributed by atoms with Gasteiger partial charge in [0.15, 0.2) is 0 Å². The minimum absolute atomic E-state index is 0.398. The number of carbonyl (C=O) groups excluding carboxylic acids is 1. The Bertz CT molecular complexity index is 376. The number of rotatable bonds is 3. The molecule has 5 rings (SSSR count). The molecule has 5 aliphatic rings. The first kappa shape index (κ1) is 14.0. The molecule has 1 radical (unpaired) electrons. The van der Waals surface area contributed by atoms with Crippen molar-refractivity contribution in [1.29, 1.82) is 0 Å². The van der Waals surface area contributed by atoms with E-state index >= 15 is 0 Å². The van der Waals surface area contributed by atoms with Gasteiger partial charge in [-0.1, -0.05) is 0 Å². The second-order valence-corrected chi connectivity index (χ2v) is 8.32. The van der Waals surface area contributed by atoms with E-state index in [2.05, 4.69) is 16.7 Å². The average Bonchev–Trinajstić information content (AvgIpc) is 2.45. The lowest BCUT2D eigenvalue weighted by Gasteiger charge is -2.57. The highest BCUT2D eigenvalue weighted by Crippen LogP contribution is 2.61. The van der Waals surface area contributed by atoms with E-state index in [1.807, 2.05) is 0 Å². The summed E-state index contributed by atoms with van der Waals surface area (Å²) < 4.78 is 0. The van der Waals surface area contributed by atoms with Crippen LogP contribution in [0.4, 0.5) is 0 Å². The SMILES string of the molecule is [CH2]CN1CCN(C(=O)CC23CC4CC(CC(C4)C2)C3)CC1. The fourth-order valence-corrected chi connectivity index (χ4v) is 6.16. The molecule has 1 heterocycles. The molecular weight excluding hydrogens is 260 g/mol. The van der Waals surface area contributed by atoms with Gasteiger partial charge in [0.1, 0.15) is 0 Å². The maximum absolute atomic E-state index is 12.8. The molecule has 4 saturated carbocycles. The Morgan fingerprint density at radius 1 is 0.952 bits per heavy atom. The van der Waals surface area contributed by atoms with E-state index in [-0.39, 0.29) is 0 Å². The lowest BCUT2D eigenvalue weighted by Crippen LogP contribution is -2.52. The second kappa shape index (κ2) is 5.26. The maximum Gasteiger partial charge on any atom is 0.223 e. The highest BCUT2D eigenvalue weighted by molar-refractivity contribution is 5.77. The molecule has 0 atom stereocenters. The second-order valence-electron chi connectivity index (χ2n) is 8.32. The van der Waals surface area contributed by atoms with Crippen molar-refractivity contribution >= 4 is 5.91 Å². The lowest BCUT2D eigenvalue weighted by atomic mass is 9.49. The van der Waals surface area contributed by atoms with Gasteiger partial charge in [0.2, 0.25) is 5.91 Å². The predicted octanol–water partition coefficient (Wildman–Crippen LogP) is 2.57. The standard InChI is InChI=1S/C18H29N2O/c1-2-19-3-5-20(6-4-19)17(21)13-18-10-14-7-15(11-18)9-16(8-14)12-18/h14-16H,1-13H2. The van der Waals surface area contributed by atoms with Crippen LogP contribution in [0, 0.1) is 30.1 Å². The van der Waals surface area contributed by atoms with Gasteiger partial charge < -0.3 is 4.90 Å². The Morgan fingerprint density at radius 3 is 1.95 bits per heavy atom. The molecule has 0 aromatic heterocycles. The van der Waals surface area contributed by atoms with E-state index < -0.39 is 0 Å². The van der Waals surface area contributed by atoms with Gasteiger partial charge in [-0.25, -0.2) is 0 Å². The molecule has 0 aromatic rings. The quantitative estimate of drug-likeness (QED) is 0.797. The Labute approximate surface area is 129 Å². The zero-order valence-corrected chi connectivity index (χ0v) is 13.2. The van der Waals surface area contributed by atoms with E-state index in [0.29, 0.717) is 11.3 Å². The summed E-state index contributed by atoms with van der Waals surface area (Å²) in [6, 6.07) is 0. The summed E-state index contributed by atoms with van der Waals surface area (Å²) in [7, 11) is 0. The summed E-state index contributed by atoms with van der Waals surface area (Å²) in [6.07, 6.45) is 9.30. The van der Waals surface area contributed by atoms with Gasteiger partial charge in [-0.05, 0) is 75.2 Å². The molecule has 3 heteroatoms. The normalized spacial score (nSPS) is 42.5. The first-order chi connectivity index (χ1) is 10.2. The first-order valence-corrected chi connectivity index (χ1v) is 8.95. The van der Waals surface area contributed by atoms with Gasteiger partial charge in [-0.15, -0.1) is 0 Å². The predicted molar refractivity (Wildman–Crippen MR) is 83.6 cm³/mol. The Kier molecular flexibility index (Phi) is 3.52. The van der Waals surface area contributed by atoms with Crippen molar-refractivity contribution in [2.75, 3.05) is 32.7 Å².